The van der Waals surface area contributed by atoms with E-state index in [1.165, 1.54) is 0 Å². The van der Waals surface area contributed by atoms with Crippen LogP contribution in [0.2, 0.25) is 0 Å². The molecule has 0 bridgehead atoms. The summed E-state index contributed by atoms with van der Waals surface area (Å²) in [6.45, 7) is 2.62. The van der Waals surface area contributed by atoms with Crippen molar-refractivity contribution in [2.45, 2.75) is 32.4 Å². The smallest absolute Gasteiger partial charge is 0.359 e. The van der Waals surface area contributed by atoms with Crippen LogP contribution in [0.3, 0.4) is 0 Å². The third-order valence-electron chi connectivity index (χ3n) is 6.14. The molecule has 0 radical (unpaired) electrons. The number of anilines is 1. The number of nitrogens with zero attached hydrogens (tertiary/aromatic N) is 2. The molecule has 0 fully saturated rings. The fraction of sp³-hybridized carbons (Fsp3) is 0.207. The van der Waals surface area contributed by atoms with Crippen molar-refractivity contribution in [2.24, 2.45) is 0 Å². The molecule has 4 aromatic rings. The summed E-state index contributed by atoms with van der Waals surface area (Å²) >= 11 is 0. The predicted octanol–water partition coefficient (Wildman–Crippen LogP) is 4.76. The van der Waals surface area contributed by atoms with Gasteiger partial charge in [0.15, 0.2) is 6.04 Å². The van der Waals surface area contributed by atoms with Gasteiger partial charge in [-0.05, 0) is 29.7 Å². The number of hydrogen-bond acceptors (Lipinski definition) is 4. The highest BCUT2D eigenvalue weighted by atomic mass is 16.5. The molecule has 1 aliphatic heterocycles. The van der Waals surface area contributed by atoms with Crippen LogP contribution < -0.4 is 9.88 Å². The first-order chi connectivity index (χ1) is 16.6. The second kappa shape index (κ2) is 9.57. The van der Waals surface area contributed by atoms with Gasteiger partial charge < -0.3 is 4.74 Å². The zero-order valence-corrected chi connectivity index (χ0v) is 19.5. The number of ether oxygens (including phenoxy) is 1. The van der Waals surface area contributed by atoms with Gasteiger partial charge in [0, 0.05) is 25.5 Å². The molecule has 0 aliphatic carbocycles. The van der Waals surface area contributed by atoms with Gasteiger partial charge in [0.1, 0.15) is 17.6 Å². The lowest BCUT2D eigenvalue weighted by Crippen LogP contribution is -2.44. The van der Waals surface area contributed by atoms with Crippen LogP contribution in [0.25, 0.3) is 11.3 Å². The fourth-order valence-corrected chi connectivity index (χ4v) is 4.52. The number of benzene rings is 3. The quantitative estimate of drug-likeness (QED) is 0.413. The van der Waals surface area contributed by atoms with Crippen LogP contribution in [0, 0.1) is 6.92 Å². The number of aryl methyl sites for hydroxylation is 1. The lowest BCUT2D eigenvalue weighted by atomic mass is 10.0. The highest BCUT2D eigenvalue weighted by molar-refractivity contribution is 5.82. The van der Waals surface area contributed by atoms with E-state index in [4.69, 9.17) is 9.72 Å². The molecule has 1 atom stereocenters. The van der Waals surface area contributed by atoms with Crippen molar-refractivity contribution in [3.63, 3.8) is 0 Å². The minimum atomic E-state index is -0.345. The van der Waals surface area contributed by atoms with E-state index in [-0.39, 0.29) is 11.9 Å². The number of nitrogens with one attached hydrogen (secondary N) is 1. The summed E-state index contributed by atoms with van der Waals surface area (Å²) in [5.74, 6) is 0.820. The maximum absolute atomic E-state index is 13.5. The third kappa shape index (κ3) is 4.61. The van der Waals surface area contributed by atoms with E-state index >= 15 is 0 Å². The maximum atomic E-state index is 13.5. The Hall–Kier alpha value is -3.83. The second-order valence-corrected chi connectivity index (χ2v) is 8.82. The second-order valence-electron chi connectivity index (χ2n) is 8.82. The molecule has 5 nitrogen and oxygen atoms in total. The van der Waals surface area contributed by atoms with Gasteiger partial charge in [-0.2, -0.15) is 4.57 Å². The Labute approximate surface area is 200 Å². The lowest BCUT2D eigenvalue weighted by Gasteiger charge is -2.08. The van der Waals surface area contributed by atoms with Gasteiger partial charge in [-0.15, -0.1) is 0 Å². The molecule has 0 saturated heterocycles. The third-order valence-corrected chi connectivity index (χ3v) is 6.14. The van der Waals surface area contributed by atoms with Crippen LogP contribution >= 0.6 is 0 Å². The Balaban J connectivity index is 1.51. The lowest BCUT2D eigenvalue weighted by molar-refractivity contribution is -0.552. The number of hydrogen-bond donors (Lipinski definition) is 1. The summed E-state index contributed by atoms with van der Waals surface area (Å²) in [6.07, 6.45) is 3.12. The molecule has 1 aliphatic rings. The summed E-state index contributed by atoms with van der Waals surface area (Å²) in [6, 6.07) is 26.4. The van der Waals surface area contributed by atoms with E-state index in [9.17, 15) is 4.79 Å². The summed E-state index contributed by atoms with van der Waals surface area (Å²) in [7, 11) is 1.69. The SMILES string of the molecule is COCc1cccc(CC2Nc3c(Cc4ccccc4)nc(-c4cccc(C)c4)c[n+]3C2=O)c1. The zero-order chi connectivity index (χ0) is 23.5. The topological polar surface area (TPSA) is 55.1 Å². The number of methoxy groups -OCH3 is 1. The van der Waals surface area contributed by atoms with Crippen LogP contribution in [-0.2, 0) is 24.2 Å². The molecular weight excluding hydrogens is 422 g/mol. The molecule has 5 heteroatoms. The van der Waals surface area contributed by atoms with E-state index in [0.717, 1.165) is 45.0 Å². The largest absolute Gasteiger partial charge is 0.380 e. The molecule has 1 N–H and O–H groups in total. The van der Waals surface area contributed by atoms with Gasteiger partial charge >= 0.3 is 11.7 Å². The van der Waals surface area contributed by atoms with Crippen molar-refractivity contribution in [3.8, 4) is 11.3 Å². The Morgan fingerprint density at radius 2 is 1.71 bits per heavy atom. The van der Waals surface area contributed by atoms with Crippen molar-refractivity contribution >= 4 is 11.7 Å². The number of carbonyl (C=O) groups excluding carboxylic acids is 1. The Kier molecular flexibility index (Phi) is 6.19. The fourth-order valence-electron chi connectivity index (χ4n) is 4.52. The standard InChI is InChI=1S/C29H27N3O2/c1-20-8-6-13-24(14-20)27-18-32-28(25(30-27)16-21-9-4-3-5-10-21)31-26(29(32)33)17-22-11-7-12-23(15-22)19-34-2/h3-15,18,26H,16-17,19H2,1-2H3/p+1. The number of aromatic nitrogens is 2. The van der Waals surface area contributed by atoms with Crippen molar-refractivity contribution in [3.05, 3.63) is 113 Å². The molecular formula is C29H28N3O2+. The number of carbonyl (C=O) groups is 1. The molecule has 1 aromatic heterocycles. The molecule has 1 unspecified atom stereocenters. The van der Waals surface area contributed by atoms with Gasteiger partial charge in [-0.25, -0.2) is 9.78 Å². The van der Waals surface area contributed by atoms with Crippen molar-refractivity contribution in [2.75, 3.05) is 12.4 Å². The monoisotopic (exact) mass is 450 g/mol. The average Bonchev–Trinajstić information content (AvgIpc) is 3.16. The molecule has 2 heterocycles. The van der Waals surface area contributed by atoms with Gasteiger partial charge in [0.05, 0.1) is 6.61 Å². The molecule has 5 rings (SSSR count). The first-order valence-electron chi connectivity index (χ1n) is 11.5. The predicted molar refractivity (Wildman–Crippen MR) is 133 cm³/mol. The summed E-state index contributed by atoms with van der Waals surface area (Å²) in [5.41, 5.74) is 7.20. The van der Waals surface area contributed by atoms with Crippen LogP contribution in [0.1, 0.15) is 32.7 Å². The number of rotatable bonds is 7. The number of fused-ring (bicyclic) bond motifs is 1. The molecule has 0 saturated carbocycles. The van der Waals surface area contributed by atoms with E-state index in [0.29, 0.717) is 19.4 Å². The highest BCUT2D eigenvalue weighted by Gasteiger charge is 2.41. The normalized spacial score (nSPS) is 14.6. The molecule has 34 heavy (non-hydrogen) atoms. The van der Waals surface area contributed by atoms with Gasteiger partial charge in [-0.1, -0.05) is 78.4 Å². The minimum Gasteiger partial charge on any atom is -0.380 e. The van der Waals surface area contributed by atoms with Crippen LogP contribution in [0.5, 0.6) is 0 Å². The zero-order valence-electron chi connectivity index (χ0n) is 19.5. The highest BCUT2D eigenvalue weighted by Crippen LogP contribution is 2.25. The van der Waals surface area contributed by atoms with Crippen molar-refractivity contribution in [1.82, 2.24) is 4.98 Å². The first-order valence-corrected chi connectivity index (χ1v) is 11.5. The summed E-state index contributed by atoms with van der Waals surface area (Å²) in [4.78, 5) is 18.5. The molecule has 170 valence electrons. The van der Waals surface area contributed by atoms with Gasteiger partial charge in [-0.3, -0.25) is 5.32 Å². The van der Waals surface area contributed by atoms with Crippen LogP contribution in [-0.4, -0.2) is 24.0 Å². The maximum Gasteiger partial charge on any atom is 0.359 e. The molecule has 3 aromatic carbocycles. The average molecular weight is 451 g/mol. The van der Waals surface area contributed by atoms with Crippen molar-refractivity contribution < 1.29 is 14.1 Å². The van der Waals surface area contributed by atoms with Gasteiger partial charge in [0.25, 0.3) is 0 Å². The van der Waals surface area contributed by atoms with E-state index in [1.54, 1.807) is 11.7 Å². The Morgan fingerprint density at radius 3 is 2.50 bits per heavy atom. The molecule has 0 amide bonds. The minimum absolute atomic E-state index is 0.0396. The first kappa shape index (κ1) is 22.0. The summed E-state index contributed by atoms with van der Waals surface area (Å²) in [5, 5.41) is 3.48. The Morgan fingerprint density at radius 1 is 0.941 bits per heavy atom. The van der Waals surface area contributed by atoms with Crippen LogP contribution in [0.4, 0.5) is 5.82 Å². The van der Waals surface area contributed by atoms with E-state index < -0.39 is 0 Å². The van der Waals surface area contributed by atoms with E-state index in [1.807, 2.05) is 48.7 Å². The van der Waals surface area contributed by atoms with Crippen LogP contribution in [0.15, 0.2) is 85.1 Å². The molecule has 0 spiro atoms. The van der Waals surface area contributed by atoms with Gasteiger partial charge in [0.2, 0.25) is 0 Å². The van der Waals surface area contributed by atoms with E-state index in [2.05, 4.69) is 48.6 Å². The van der Waals surface area contributed by atoms with Crippen molar-refractivity contribution in [1.29, 1.82) is 0 Å². The summed E-state index contributed by atoms with van der Waals surface area (Å²) < 4.78 is 7.02. The Bertz CT molecular complexity index is 1330.